The molecule has 0 unspecified atom stereocenters. The number of rotatable bonds is 5. The summed E-state index contributed by atoms with van der Waals surface area (Å²) >= 11 is 9.42. The van der Waals surface area contributed by atoms with Gasteiger partial charge in [-0.15, -0.1) is 0 Å². The molecule has 3 nitrogen and oxygen atoms in total. The van der Waals surface area contributed by atoms with Gasteiger partial charge in [0.25, 0.3) is 5.91 Å². The summed E-state index contributed by atoms with van der Waals surface area (Å²) in [6, 6.07) is 13.2. The zero-order chi connectivity index (χ0) is 16.1. The molecule has 1 atom stereocenters. The highest BCUT2D eigenvalue weighted by Gasteiger charge is 2.11. The van der Waals surface area contributed by atoms with Gasteiger partial charge in [-0.1, -0.05) is 45.7 Å². The standard InChI is InChI=1S/C17H17BrClNO2/c1-11-3-8-15(19)16(9-11)22-10-17(21)20-12(2)13-4-6-14(18)7-5-13/h3-9,12H,10H2,1-2H3,(H,20,21)/t12-/m0/s1. The highest BCUT2D eigenvalue weighted by molar-refractivity contribution is 9.10. The molecule has 22 heavy (non-hydrogen) atoms. The average molecular weight is 383 g/mol. The van der Waals surface area contributed by atoms with E-state index in [1.165, 1.54) is 0 Å². The summed E-state index contributed by atoms with van der Waals surface area (Å²) in [4.78, 5) is 12.0. The maximum absolute atomic E-state index is 12.0. The Bertz CT molecular complexity index is 658. The van der Waals surface area contributed by atoms with Gasteiger partial charge in [0.1, 0.15) is 5.75 Å². The first-order valence-corrected chi connectivity index (χ1v) is 8.06. The van der Waals surface area contributed by atoms with E-state index in [2.05, 4.69) is 21.2 Å². The first-order chi connectivity index (χ1) is 10.5. The lowest BCUT2D eigenvalue weighted by molar-refractivity contribution is -0.123. The lowest BCUT2D eigenvalue weighted by Gasteiger charge is -2.15. The Labute approximate surface area is 143 Å². The van der Waals surface area contributed by atoms with Crippen molar-refractivity contribution in [3.8, 4) is 5.75 Å². The van der Waals surface area contributed by atoms with Crippen LogP contribution in [0.4, 0.5) is 0 Å². The van der Waals surface area contributed by atoms with Crippen molar-refractivity contribution in [2.75, 3.05) is 6.61 Å². The molecular formula is C17H17BrClNO2. The molecule has 0 fully saturated rings. The average Bonchev–Trinajstić information content (AvgIpc) is 2.49. The van der Waals surface area contributed by atoms with E-state index in [0.717, 1.165) is 15.6 Å². The number of ether oxygens (including phenoxy) is 1. The first kappa shape index (κ1) is 16.8. The van der Waals surface area contributed by atoms with Crippen LogP contribution in [0.5, 0.6) is 5.75 Å². The van der Waals surface area contributed by atoms with E-state index in [4.69, 9.17) is 16.3 Å². The van der Waals surface area contributed by atoms with Crippen LogP contribution in [-0.2, 0) is 4.79 Å². The van der Waals surface area contributed by atoms with Crippen molar-refractivity contribution in [2.24, 2.45) is 0 Å². The molecule has 0 saturated heterocycles. The van der Waals surface area contributed by atoms with Gasteiger partial charge in [-0.3, -0.25) is 4.79 Å². The second kappa shape index (κ2) is 7.65. The van der Waals surface area contributed by atoms with Crippen LogP contribution in [0.2, 0.25) is 5.02 Å². The molecule has 0 bridgehead atoms. The van der Waals surface area contributed by atoms with Gasteiger partial charge in [-0.2, -0.15) is 0 Å². The number of aryl methyl sites for hydroxylation is 1. The number of hydrogen-bond acceptors (Lipinski definition) is 2. The summed E-state index contributed by atoms with van der Waals surface area (Å²) in [7, 11) is 0. The van der Waals surface area contributed by atoms with Gasteiger partial charge in [0.15, 0.2) is 6.61 Å². The molecule has 116 valence electrons. The van der Waals surface area contributed by atoms with Crippen molar-refractivity contribution < 1.29 is 9.53 Å². The second-order valence-corrected chi connectivity index (χ2v) is 6.39. The topological polar surface area (TPSA) is 38.3 Å². The van der Waals surface area contributed by atoms with Crippen molar-refractivity contribution >= 4 is 33.4 Å². The van der Waals surface area contributed by atoms with Gasteiger partial charge in [-0.05, 0) is 49.2 Å². The summed E-state index contributed by atoms with van der Waals surface area (Å²) < 4.78 is 6.49. The molecular weight excluding hydrogens is 366 g/mol. The Morgan fingerprint density at radius 1 is 1.27 bits per heavy atom. The molecule has 2 aromatic rings. The monoisotopic (exact) mass is 381 g/mol. The van der Waals surface area contributed by atoms with Crippen molar-refractivity contribution in [1.29, 1.82) is 0 Å². The fourth-order valence-electron chi connectivity index (χ4n) is 1.98. The minimum Gasteiger partial charge on any atom is -0.482 e. The summed E-state index contributed by atoms with van der Waals surface area (Å²) in [5.74, 6) is 0.334. The zero-order valence-electron chi connectivity index (χ0n) is 12.4. The number of halogens is 2. The van der Waals surface area contributed by atoms with Gasteiger partial charge in [0.2, 0.25) is 0 Å². The van der Waals surface area contributed by atoms with Crippen LogP contribution in [-0.4, -0.2) is 12.5 Å². The van der Waals surface area contributed by atoms with Crippen molar-refractivity contribution in [2.45, 2.75) is 19.9 Å². The maximum atomic E-state index is 12.0. The number of hydrogen-bond donors (Lipinski definition) is 1. The summed E-state index contributed by atoms with van der Waals surface area (Å²) in [6.07, 6.45) is 0. The van der Waals surface area contributed by atoms with Crippen molar-refractivity contribution in [3.63, 3.8) is 0 Å². The zero-order valence-corrected chi connectivity index (χ0v) is 14.7. The van der Waals surface area contributed by atoms with E-state index in [1.807, 2.05) is 50.2 Å². The van der Waals surface area contributed by atoms with Crippen LogP contribution in [0, 0.1) is 6.92 Å². The molecule has 0 radical (unpaired) electrons. The third-order valence-corrected chi connectivity index (χ3v) is 4.03. The second-order valence-electron chi connectivity index (χ2n) is 5.06. The van der Waals surface area contributed by atoms with E-state index in [9.17, 15) is 4.79 Å². The lowest BCUT2D eigenvalue weighted by Crippen LogP contribution is -2.31. The first-order valence-electron chi connectivity index (χ1n) is 6.89. The van der Waals surface area contributed by atoms with Gasteiger partial charge in [0, 0.05) is 4.47 Å². The Morgan fingerprint density at radius 2 is 1.95 bits per heavy atom. The van der Waals surface area contributed by atoms with E-state index in [-0.39, 0.29) is 18.6 Å². The predicted octanol–water partition coefficient (Wildman–Crippen LogP) is 4.67. The molecule has 0 aromatic heterocycles. The van der Waals surface area contributed by atoms with Crippen LogP contribution in [0.3, 0.4) is 0 Å². The van der Waals surface area contributed by atoms with E-state index in [1.54, 1.807) is 6.07 Å². The van der Waals surface area contributed by atoms with E-state index in [0.29, 0.717) is 10.8 Å². The minimum atomic E-state index is -0.187. The Hall–Kier alpha value is -1.52. The van der Waals surface area contributed by atoms with Crippen molar-refractivity contribution in [3.05, 3.63) is 63.1 Å². The molecule has 5 heteroatoms. The van der Waals surface area contributed by atoms with E-state index >= 15 is 0 Å². The smallest absolute Gasteiger partial charge is 0.258 e. The Kier molecular flexibility index (Phi) is 5.86. The Balaban J connectivity index is 1.90. The number of amides is 1. The van der Waals surface area contributed by atoms with Crippen LogP contribution in [0.25, 0.3) is 0 Å². The number of nitrogens with one attached hydrogen (secondary N) is 1. The highest BCUT2D eigenvalue weighted by Crippen LogP contribution is 2.25. The molecule has 0 aliphatic rings. The summed E-state index contributed by atoms with van der Waals surface area (Å²) in [5, 5.41) is 3.40. The molecule has 0 heterocycles. The fourth-order valence-corrected chi connectivity index (χ4v) is 2.42. The van der Waals surface area contributed by atoms with Gasteiger partial charge >= 0.3 is 0 Å². The predicted molar refractivity (Wildman–Crippen MR) is 92.4 cm³/mol. The van der Waals surface area contributed by atoms with Crippen LogP contribution >= 0.6 is 27.5 Å². The third-order valence-electron chi connectivity index (χ3n) is 3.19. The van der Waals surface area contributed by atoms with Crippen LogP contribution < -0.4 is 10.1 Å². The van der Waals surface area contributed by atoms with E-state index < -0.39 is 0 Å². The molecule has 0 aliphatic carbocycles. The largest absolute Gasteiger partial charge is 0.482 e. The van der Waals surface area contributed by atoms with Gasteiger partial charge in [-0.25, -0.2) is 0 Å². The third kappa shape index (κ3) is 4.75. The van der Waals surface area contributed by atoms with Crippen molar-refractivity contribution in [1.82, 2.24) is 5.32 Å². The maximum Gasteiger partial charge on any atom is 0.258 e. The summed E-state index contributed by atoms with van der Waals surface area (Å²) in [6.45, 7) is 3.81. The molecule has 1 amide bonds. The summed E-state index contributed by atoms with van der Waals surface area (Å²) in [5.41, 5.74) is 2.06. The number of carbonyl (C=O) groups excluding carboxylic acids is 1. The molecule has 0 aliphatic heterocycles. The molecule has 2 rings (SSSR count). The molecule has 0 saturated carbocycles. The molecule has 2 aromatic carbocycles. The van der Waals surface area contributed by atoms with Gasteiger partial charge in [0.05, 0.1) is 11.1 Å². The lowest BCUT2D eigenvalue weighted by atomic mass is 10.1. The van der Waals surface area contributed by atoms with Crippen LogP contribution in [0.1, 0.15) is 24.1 Å². The quantitative estimate of drug-likeness (QED) is 0.816. The normalized spacial score (nSPS) is 11.8. The SMILES string of the molecule is Cc1ccc(Cl)c(OCC(=O)N[C@@H](C)c2ccc(Br)cc2)c1. The molecule has 0 spiro atoms. The number of benzene rings is 2. The van der Waals surface area contributed by atoms with Crippen LogP contribution in [0.15, 0.2) is 46.9 Å². The Morgan fingerprint density at radius 3 is 2.64 bits per heavy atom. The molecule has 1 N–H and O–H groups in total. The highest BCUT2D eigenvalue weighted by atomic mass is 79.9. The minimum absolute atomic E-state index is 0.0654. The number of carbonyl (C=O) groups is 1. The van der Waals surface area contributed by atoms with Gasteiger partial charge < -0.3 is 10.1 Å². The fraction of sp³-hybridized carbons (Fsp3) is 0.235.